The van der Waals surface area contributed by atoms with Crippen LogP contribution < -0.4 is 10.6 Å². The zero-order chi connectivity index (χ0) is 50.0. The Morgan fingerprint density at radius 1 is 0.786 bits per heavy atom. The number of carbonyl (C=O) groups is 5. The van der Waals surface area contributed by atoms with Crippen LogP contribution in [0.3, 0.4) is 0 Å². The van der Waals surface area contributed by atoms with Crippen LogP contribution in [0.5, 0.6) is 0 Å². The van der Waals surface area contributed by atoms with E-state index in [1.807, 2.05) is 82.4 Å². The van der Waals surface area contributed by atoms with E-state index in [1.165, 1.54) is 18.1 Å². The molecule has 2 fully saturated rings. The van der Waals surface area contributed by atoms with Gasteiger partial charge in [-0.25, -0.2) is 28.7 Å². The lowest BCUT2D eigenvalue weighted by molar-refractivity contribution is -0.136. The van der Waals surface area contributed by atoms with Crippen molar-refractivity contribution in [3.05, 3.63) is 108 Å². The Hall–Kier alpha value is -7.24. The molecule has 5 aromatic rings. The van der Waals surface area contributed by atoms with Crippen LogP contribution >= 0.6 is 0 Å². The molecule has 2 saturated heterocycles. The van der Waals surface area contributed by atoms with Crippen LogP contribution in [0, 0.1) is 17.7 Å². The molecule has 0 saturated carbocycles. The van der Waals surface area contributed by atoms with Gasteiger partial charge in [-0.15, -0.1) is 0 Å². The molecule has 3 aliphatic rings. The maximum atomic E-state index is 14.6. The predicted molar refractivity (Wildman–Crippen MR) is 258 cm³/mol. The molecule has 1 unspecified atom stereocenters. The number of nitrogens with zero attached hydrogens (tertiary/aromatic N) is 5. The average Bonchev–Trinajstić information content (AvgIpc) is 4.19. The number of likely N-dealkylation sites (tertiary alicyclic amines) is 2. The number of aromatic nitrogens is 4. The molecule has 18 heteroatoms. The summed E-state index contributed by atoms with van der Waals surface area (Å²) in [5.74, 6) is -0.180. The summed E-state index contributed by atoms with van der Waals surface area (Å²) in [6, 6.07) is 18.3. The van der Waals surface area contributed by atoms with Crippen molar-refractivity contribution in [3.8, 4) is 33.6 Å². The molecule has 4 N–H and O–H groups in total. The summed E-state index contributed by atoms with van der Waals surface area (Å²) in [5.41, 5.74) is 5.60. The van der Waals surface area contributed by atoms with Gasteiger partial charge in [0.15, 0.2) is 0 Å². The van der Waals surface area contributed by atoms with Crippen molar-refractivity contribution in [1.29, 1.82) is 0 Å². The third kappa shape index (κ3) is 10.8. The molecule has 70 heavy (non-hydrogen) atoms. The number of rotatable bonds is 12. The Bertz CT molecular complexity index is 2710. The number of halogens is 1. The van der Waals surface area contributed by atoms with Crippen LogP contribution in [0.2, 0.25) is 0 Å². The van der Waals surface area contributed by atoms with Gasteiger partial charge in [-0.2, -0.15) is 0 Å². The molecule has 8 rings (SSSR count). The summed E-state index contributed by atoms with van der Waals surface area (Å²) in [7, 11) is 1.28. The van der Waals surface area contributed by atoms with Crippen molar-refractivity contribution < 1.29 is 42.6 Å². The summed E-state index contributed by atoms with van der Waals surface area (Å²) >= 11 is 0. The number of imidazole rings is 2. The van der Waals surface area contributed by atoms with Gasteiger partial charge in [0.1, 0.15) is 41.3 Å². The molecule has 5 heterocycles. The Morgan fingerprint density at radius 3 is 2.04 bits per heavy atom. The SMILES string of the molecule is COC(=O)NC(C(=O)N1CCC[C@H]1c1nc(-c2ccc(-c3ccc(-c4cnc([C@@H]5C[C@@H](OC(=O)N6Cc7cccc(F)c7C6)CN5C(=O)[C@@H](NC(=O)OC(C)(C)C)C(C)C)[nH]4)cc3)cc2)c[nH]1)C(C)C. The van der Waals surface area contributed by atoms with Crippen LogP contribution in [0.25, 0.3) is 33.6 Å². The van der Waals surface area contributed by atoms with Crippen molar-refractivity contribution in [2.75, 3.05) is 20.2 Å². The van der Waals surface area contributed by atoms with Gasteiger partial charge in [0.25, 0.3) is 0 Å². The molecule has 3 aliphatic heterocycles. The molecule has 370 valence electrons. The first kappa shape index (κ1) is 49.2. The molecular weight excluding hydrogens is 898 g/mol. The van der Waals surface area contributed by atoms with Crippen LogP contribution in [0.4, 0.5) is 18.8 Å². The number of ether oxygens (including phenoxy) is 3. The van der Waals surface area contributed by atoms with Crippen molar-refractivity contribution in [2.45, 2.75) is 117 Å². The van der Waals surface area contributed by atoms with E-state index < -0.39 is 48.1 Å². The van der Waals surface area contributed by atoms with Crippen molar-refractivity contribution in [2.24, 2.45) is 11.8 Å². The third-order valence-corrected chi connectivity index (χ3v) is 13.1. The smallest absolute Gasteiger partial charge is 0.410 e. The van der Waals surface area contributed by atoms with E-state index in [9.17, 15) is 28.4 Å². The zero-order valence-electron chi connectivity index (χ0n) is 40.9. The van der Waals surface area contributed by atoms with E-state index in [0.29, 0.717) is 29.5 Å². The number of hydrogen-bond donors (Lipinski definition) is 4. The van der Waals surface area contributed by atoms with Gasteiger partial charge >= 0.3 is 18.3 Å². The van der Waals surface area contributed by atoms with E-state index in [4.69, 9.17) is 24.2 Å². The minimum absolute atomic E-state index is 0.0467. The van der Waals surface area contributed by atoms with Crippen molar-refractivity contribution in [3.63, 3.8) is 0 Å². The fourth-order valence-electron chi connectivity index (χ4n) is 9.42. The van der Waals surface area contributed by atoms with E-state index in [0.717, 1.165) is 46.4 Å². The summed E-state index contributed by atoms with van der Waals surface area (Å²) in [6.45, 7) is 13.6. The van der Waals surface area contributed by atoms with Gasteiger partial charge < -0.3 is 44.6 Å². The Labute approximate surface area is 406 Å². The van der Waals surface area contributed by atoms with Gasteiger partial charge in [-0.3, -0.25) is 14.5 Å². The first-order valence-corrected chi connectivity index (χ1v) is 23.9. The number of aromatic amines is 2. The molecule has 17 nitrogen and oxygen atoms in total. The molecule has 0 spiro atoms. The minimum atomic E-state index is -0.947. The maximum absolute atomic E-state index is 14.6. The van der Waals surface area contributed by atoms with E-state index >= 15 is 0 Å². The number of hydrogen-bond acceptors (Lipinski definition) is 10. The third-order valence-electron chi connectivity index (χ3n) is 13.1. The fourth-order valence-corrected chi connectivity index (χ4v) is 9.42. The average molecular weight is 960 g/mol. The van der Waals surface area contributed by atoms with Gasteiger partial charge in [0.2, 0.25) is 11.8 Å². The highest BCUT2D eigenvalue weighted by Gasteiger charge is 2.44. The number of methoxy groups -OCH3 is 1. The van der Waals surface area contributed by atoms with Crippen molar-refractivity contribution in [1.82, 2.24) is 45.3 Å². The topological polar surface area (TPSA) is 204 Å². The molecule has 3 aromatic carbocycles. The summed E-state index contributed by atoms with van der Waals surface area (Å²) in [5, 5.41) is 5.45. The Morgan fingerprint density at radius 2 is 1.41 bits per heavy atom. The lowest BCUT2D eigenvalue weighted by atomic mass is 10.0. The normalized spacial score (nSPS) is 18.7. The quantitative estimate of drug-likeness (QED) is 0.0876. The highest BCUT2D eigenvalue weighted by Crippen LogP contribution is 2.37. The number of amides is 5. The zero-order valence-corrected chi connectivity index (χ0v) is 40.9. The molecule has 0 bridgehead atoms. The first-order chi connectivity index (χ1) is 33.4. The summed E-state index contributed by atoms with van der Waals surface area (Å²) < 4.78 is 30.8. The first-order valence-electron chi connectivity index (χ1n) is 23.9. The summed E-state index contributed by atoms with van der Waals surface area (Å²) in [4.78, 5) is 87.7. The van der Waals surface area contributed by atoms with Crippen LogP contribution in [0.15, 0.2) is 79.1 Å². The van der Waals surface area contributed by atoms with E-state index in [-0.39, 0.29) is 61.6 Å². The molecule has 0 aliphatic carbocycles. The second-order valence-corrected chi connectivity index (χ2v) is 19.9. The second kappa shape index (κ2) is 20.4. The van der Waals surface area contributed by atoms with Gasteiger partial charge in [-0.05, 0) is 73.8 Å². The van der Waals surface area contributed by atoms with Gasteiger partial charge in [0, 0.05) is 36.8 Å². The van der Waals surface area contributed by atoms with Crippen molar-refractivity contribution >= 4 is 30.1 Å². The summed E-state index contributed by atoms with van der Waals surface area (Å²) in [6.07, 6.45) is 2.67. The highest BCUT2D eigenvalue weighted by molar-refractivity contribution is 5.87. The minimum Gasteiger partial charge on any atom is -0.453 e. The monoisotopic (exact) mass is 959 g/mol. The molecule has 0 radical (unpaired) electrons. The largest absolute Gasteiger partial charge is 0.453 e. The Kier molecular flexibility index (Phi) is 14.3. The molecule has 2 aromatic heterocycles. The van der Waals surface area contributed by atoms with Gasteiger partial charge in [-0.1, -0.05) is 88.4 Å². The molecular formula is C52H62FN9O8. The van der Waals surface area contributed by atoms with Crippen LogP contribution in [0.1, 0.15) is 103 Å². The maximum Gasteiger partial charge on any atom is 0.410 e. The van der Waals surface area contributed by atoms with Gasteiger partial charge in [0.05, 0.1) is 49.9 Å². The lowest BCUT2D eigenvalue weighted by Crippen LogP contribution is -2.52. The van der Waals surface area contributed by atoms with E-state index in [1.54, 1.807) is 48.9 Å². The lowest BCUT2D eigenvalue weighted by Gasteiger charge is -2.31. The number of benzene rings is 3. The highest BCUT2D eigenvalue weighted by atomic mass is 19.1. The second-order valence-electron chi connectivity index (χ2n) is 19.9. The van der Waals surface area contributed by atoms with E-state index in [2.05, 4.69) is 20.6 Å². The predicted octanol–water partition coefficient (Wildman–Crippen LogP) is 8.66. The number of alkyl carbamates (subject to hydrolysis) is 2. The van der Waals surface area contributed by atoms with Crippen LogP contribution in [-0.4, -0.2) is 109 Å². The Balaban J connectivity index is 0.955. The standard InChI is InChI=1S/C52H62FN9O8/c1-29(2)43(58-49(65)68-8)47(63)61-22-10-13-41(61)45-54-24-39(56-45)33-18-14-31(15-19-33)32-16-20-34(21-17-32)40-25-55-46(57-40)42-23-36(69-51(67)60-26-35-11-9-12-38(53)37(35)28-60)27-62(42)48(64)44(30(3)4)59-50(66)70-52(5,6)7/h9,11-12,14-21,24-25,29-30,36,41-44H,10,13,22-23,26-28H2,1-8H3,(H,54,56)(H,55,57)(H,58,65)(H,59,66)/t36-,41+,42+,43?,44+/m1/s1. The molecule has 5 atom stereocenters. The number of nitrogens with one attached hydrogen (secondary N) is 4. The molecule has 5 amide bonds. The number of carbonyl (C=O) groups excluding carboxylic acids is 5. The number of fused-ring (bicyclic) bond motifs is 1. The van der Waals surface area contributed by atoms with Crippen LogP contribution in [-0.2, 0) is 36.9 Å². The number of H-pyrrole nitrogens is 2. The fraction of sp³-hybridized carbons (Fsp3) is 0.442.